The van der Waals surface area contributed by atoms with Crippen molar-refractivity contribution in [3.05, 3.63) is 35.9 Å². The van der Waals surface area contributed by atoms with E-state index in [0.717, 1.165) is 0 Å². The van der Waals surface area contributed by atoms with Crippen LogP contribution in [0, 0.1) is 5.41 Å². The summed E-state index contributed by atoms with van der Waals surface area (Å²) in [5.41, 5.74) is -0.408. The van der Waals surface area contributed by atoms with Gasteiger partial charge in [-0.1, -0.05) is 44.2 Å². The van der Waals surface area contributed by atoms with Gasteiger partial charge in [-0.15, -0.1) is 0 Å². The van der Waals surface area contributed by atoms with Gasteiger partial charge in [0.25, 0.3) is 5.52 Å². The molecule has 0 aromatic heterocycles. The molecule has 0 amide bonds. The third kappa shape index (κ3) is 2.65. The largest absolute Gasteiger partial charge is 0.401 e. The molecule has 4 nitrogen and oxygen atoms in total. The van der Waals surface area contributed by atoms with Crippen LogP contribution in [0.4, 0.5) is 0 Å². The first-order valence-electron chi connectivity index (χ1n) is 5.42. The molecule has 0 unspecified atom stereocenters. The van der Waals surface area contributed by atoms with Crippen LogP contribution in [0.2, 0.25) is 0 Å². The molecule has 1 aromatic rings. The number of carbonyl (C=O) groups is 1. The Labute approximate surface area is 100 Å². The Hall–Kier alpha value is -0.960. The zero-order valence-electron chi connectivity index (χ0n) is 9.88. The van der Waals surface area contributed by atoms with Gasteiger partial charge in [0.1, 0.15) is 0 Å². The lowest BCUT2D eigenvalue weighted by atomic mass is 9.97. The van der Waals surface area contributed by atoms with Crippen LogP contribution in [0.1, 0.15) is 24.2 Å². The van der Waals surface area contributed by atoms with Crippen LogP contribution in [0.3, 0.4) is 0 Å². The van der Waals surface area contributed by atoms with Gasteiger partial charge in [-0.25, -0.2) is 0 Å². The summed E-state index contributed by atoms with van der Waals surface area (Å²) in [6.45, 7) is 4.40. The van der Waals surface area contributed by atoms with Crippen molar-refractivity contribution in [1.29, 1.82) is 0 Å². The predicted molar refractivity (Wildman–Crippen MR) is 64.1 cm³/mol. The van der Waals surface area contributed by atoms with E-state index in [0.29, 0.717) is 5.56 Å². The first-order valence-corrected chi connectivity index (χ1v) is 6.96. The Morgan fingerprint density at radius 1 is 1.18 bits per heavy atom. The predicted octanol–water partition coefficient (Wildman–Crippen LogP) is 3.09. The van der Waals surface area contributed by atoms with E-state index in [-0.39, 0.29) is 18.6 Å². The van der Waals surface area contributed by atoms with Gasteiger partial charge in [0.15, 0.2) is 0 Å². The summed E-state index contributed by atoms with van der Waals surface area (Å²) in [5, 5.41) is 0. The molecule has 1 saturated heterocycles. The summed E-state index contributed by atoms with van der Waals surface area (Å²) in [6.07, 6.45) is 0. The quantitative estimate of drug-likeness (QED) is 0.761. The van der Waals surface area contributed by atoms with Crippen molar-refractivity contribution in [3.63, 3.8) is 0 Å². The lowest BCUT2D eigenvalue weighted by Crippen LogP contribution is -2.31. The van der Waals surface area contributed by atoms with Crippen molar-refractivity contribution >= 4 is 13.1 Å². The van der Waals surface area contributed by atoms with Gasteiger partial charge in [-0.3, -0.25) is 9.36 Å². The number of hydrogen-bond acceptors (Lipinski definition) is 4. The summed E-state index contributed by atoms with van der Waals surface area (Å²) >= 11 is 0. The van der Waals surface area contributed by atoms with Crippen LogP contribution in [0.15, 0.2) is 30.3 Å². The normalized spacial score (nSPS) is 22.0. The average molecular weight is 254 g/mol. The Morgan fingerprint density at radius 3 is 2.24 bits per heavy atom. The fourth-order valence-electron chi connectivity index (χ4n) is 1.45. The first kappa shape index (κ1) is 12.5. The van der Waals surface area contributed by atoms with E-state index in [2.05, 4.69) is 0 Å². The summed E-state index contributed by atoms with van der Waals surface area (Å²) in [4.78, 5) is 12.0. The molecular weight excluding hydrogens is 239 g/mol. The number of hydrogen-bond donors (Lipinski definition) is 0. The Bertz CT molecular complexity index is 453. The van der Waals surface area contributed by atoms with Crippen LogP contribution < -0.4 is 0 Å². The van der Waals surface area contributed by atoms with Crippen molar-refractivity contribution < 1.29 is 18.4 Å². The van der Waals surface area contributed by atoms with E-state index in [1.165, 1.54) is 0 Å². The van der Waals surface area contributed by atoms with Gasteiger partial charge in [-0.05, 0) is 0 Å². The zero-order valence-corrected chi connectivity index (χ0v) is 10.8. The molecule has 1 aromatic carbocycles. The standard InChI is InChI=1S/C12H15O4P/c1-12(2)8-15-17(14,16-9-12)11(13)10-6-4-3-5-7-10/h3-7H,8-9H2,1-2H3. The lowest BCUT2D eigenvalue weighted by Gasteiger charge is -2.33. The van der Waals surface area contributed by atoms with Crippen LogP contribution in [-0.2, 0) is 13.6 Å². The van der Waals surface area contributed by atoms with Gasteiger partial charge in [0, 0.05) is 11.0 Å². The van der Waals surface area contributed by atoms with Crippen LogP contribution in [0.5, 0.6) is 0 Å². The van der Waals surface area contributed by atoms with Crippen molar-refractivity contribution in [3.8, 4) is 0 Å². The molecule has 1 heterocycles. The second-order valence-corrected chi connectivity index (χ2v) is 6.80. The Morgan fingerprint density at radius 2 is 1.71 bits per heavy atom. The van der Waals surface area contributed by atoms with Crippen molar-refractivity contribution in [1.82, 2.24) is 0 Å². The number of carbonyl (C=O) groups excluding carboxylic acids is 1. The molecule has 0 aliphatic carbocycles. The van der Waals surface area contributed by atoms with Crippen LogP contribution >= 0.6 is 7.60 Å². The van der Waals surface area contributed by atoms with E-state index >= 15 is 0 Å². The molecule has 0 N–H and O–H groups in total. The third-order valence-corrected chi connectivity index (χ3v) is 4.21. The third-order valence-electron chi connectivity index (χ3n) is 2.52. The highest BCUT2D eigenvalue weighted by atomic mass is 31.2. The summed E-state index contributed by atoms with van der Waals surface area (Å²) < 4.78 is 22.6. The fraction of sp³-hybridized carbons (Fsp3) is 0.417. The molecule has 92 valence electrons. The molecule has 17 heavy (non-hydrogen) atoms. The molecule has 1 aliphatic rings. The second-order valence-electron chi connectivity index (χ2n) is 4.88. The van der Waals surface area contributed by atoms with Crippen molar-refractivity contribution in [2.24, 2.45) is 5.41 Å². The molecule has 0 bridgehead atoms. The highest BCUT2D eigenvalue weighted by Gasteiger charge is 2.42. The summed E-state index contributed by atoms with van der Waals surface area (Å²) in [6, 6.07) is 8.43. The second kappa shape index (κ2) is 4.37. The zero-order chi connectivity index (χ0) is 12.5. The molecule has 1 aliphatic heterocycles. The van der Waals surface area contributed by atoms with Crippen molar-refractivity contribution in [2.75, 3.05) is 13.2 Å². The van der Waals surface area contributed by atoms with E-state index in [1.807, 2.05) is 13.8 Å². The molecular formula is C12H15O4P. The van der Waals surface area contributed by atoms with E-state index in [9.17, 15) is 9.36 Å². The maximum absolute atomic E-state index is 12.2. The van der Waals surface area contributed by atoms with E-state index in [4.69, 9.17) is 9.05 Å². The molecule has 0 atom stereocenters. The molecule has 1 fully saturated rings. The minimum Gasteiger partial charge on any atom is -0.302 e. The number of benzene rings is 1. The molecule has 0 saturated carbocycles. The molecule has 2 rings (SSSR count). The van der Waals surface area contributed by atoms with Gasteiger partial charge in [0.05, 0.1) is 13.2 Å². The average Bonchev–Trinajstić information content (AvgIpc) is 2.34. The Kier molecular flexibility index (Phi) is 3.21. The maximum atomic E-state index is 12.2. The van der Waals surface area contributed by atoms with Gasteiger partial charge >= 0.3 is 7.60 Å². The lowest BCUT2D eigenvalue weighted by molar-refractivity contribution is 0.0390. The first-order chi connectivity index (χ1) is 7.93. The van der Waals surface area contributed by atoms with E-state index in [1.54, 1.807) is 30.3 Å². The van der Waals surface area contributed by atoms with Crippen molar-refractivity contribution in [2.45, 2.75) is 13.8 Å². The van der Waals surface area contributed by atoms with Gasteiger partial charge in [-0.2, -0.15) is 0 Å². The van der Waals surface area contributed by atoms with Crippen LogP contribution in [0.25, 0.3) is 0 Å². The molecule has 5 heteroatoms. The van der Waals surface area contributed by atoms with Gasteiger partial charge in [0.2, 0.25) is 0 Å². The topological polar surface area (TPSA) is 52.6 Å². The highest BCUT2D eigenvalue weighted by Crippen LogP contribution is 2.55. The minimum atomic E-state index is -3.65. The van der Waals surface area contributed by atoms with E-state index < -0.39 is 13.1 Å². The molecule has 0 spiro atoms. The summed E-state index contributed by atoms with van der Waals surface area (Å²) in [7, 11) is -3.65. The minimum absolute atomic E-state index is 0.203. The van der Waals surface area contributed by atoms with Gasteiger partial charge < -0.3 is 9.05 Å². The highest BCUT2D eigenvalue weighted by molar-refractivity contribution is 7.72. The SMILES string of the molecule is CC1(C)COP(=O)(C(=O)c2ccccc2)OC1. The monoisotopic (exact) mass is 254 g/mol. The Balaban J connectivity index is 2.19. The van der Waals surface area contributed by atoms with Crippen LogP contribution in [-0.4, -0.2) is 18.7 Å². The fourth-order valence-corrected chi connectivity index (χ4v) is 3.27. The summed E-state index contributed by atoms with van der Waals surface area (Å²) in [5.74, 6) is 0. The smallest absolute Gasteiger partial charge is 0.302 e. The number of rotatable bonds is 2. The maximum Gasteiger partial charge on any atom is 0.401 e. The molecule has 0 radical (unpaired) electrons.